The monoisotopic (exact) mass is 292 g/mol. The van der Waals surface area contributed by atoms with Crippen LogP contribution in [0.1, 0.15) is 49.7 Å². The third-order valence-corrected chi connectivity index (χ3v) is 3.70. The van der Waals surface area contributed by atoms with Crippen molar-refractivity contribution in [1.82, 2.24) is 15.2 Å². The number of rotatable bonds is 8. The molecule has 0 fully saturated rings. The molecule has 1 unspecified atom stereocenters. The first-order chi connectivity index (χ1) is 9.97. The number of carbonyl (C=O) groups is 1. The Kier molecular flexibility index (Phi) is 7.15. The average Bonchev–Trinajstić information content (AvgIpc) is 2.43. The van der Waals surface area contributed by atoms with E-state index in [0.717, 1.165) is 38.2 Å². The van der Waals surface area contributed by atoms with Crippen LogP contribution < -0.4 is 11.1 Å². The molecule has 21 heavy (non-hydrogen) atoms. The number of nitrogens with zero attached hydrogens (tertiary/aromatic N) is 2. The molecule has 0 spiro atoms. The van der Waals surface area contributed by atoms with Gasteiger partial charge in [0.05, 0.1) is 5.56 Å². The van der Waals surface area contributed by atoms with Crippen LogP contribution in [0.15, 0.2) is 12.3 Å². The molecule has 1 heterocycles. The molecule has 1 rings (SSSR count). The molecule has 0 aliphatic carbocycles. The lowest BCUT2D eigenvalue weighted by atomic mass is 10.1. The molecule has 1 aromatic rings. The zero-order chi connectivity index (χ0) is 15.8. The Morgan fingerprint density at radius 2 is 2.10 bits per heavy atom. The highest BCUT2D eigenvalue weighted by molar-refractivity contribution is 5.98. The molecule has 3 N–H and O–H groups in total. The predicted molar refractivity (Wildman–Crippen MR) is 87.3 cm³/mol. The number of amides is 1. The van der Waals surface area contributed by atoms with Crippen molar-refractivity contribution in [2.75, 3.05) is 25.4 Å². The molecule has 1 atom stereocenters. The van der Waals surface area contributed by atoms with Crippen molar-refractivity contribution in [2.45, 2.75) is 46.6 Å². The fraction of sp³-hybridized carbons (Fsp3) is 0.625. The van der Waals surface area contributed by atoms with Crippen LogP contribution in [-0.4, -0.2) is 41.5 Å². The van der Waals surface area contributed by atoms with Gasteiger partial charge in [0, 0.05) is 23.6 Å². The van der Waals surface area contributed by atoms with Gasteiger partial charge < -0.3 is 16.0 Å². The van der Waals surface area contributed by atoms with E-state index in [9.17, 15) is 4.79 Å². The Morgan fingerprint density at radius 3 is 2.67 bits per heavy atom. The van der Waals surface area contributed by atoms with Gasteiger partial charge in [-0.05, 0) is 52.4 Å². The van der Waals surface area contributed by atoms with Crippen LogP contribution in [-0.2, 0) is 0 Å². The van der Waals surface area contributed by atoms with Gasteiger partial charge >= 0.3 is 0 Å². The smallest absolute Gasteiger partial charge is 0.255 e. The molecular weight excluding hydrogens is 264 g/mol. The van der Waals surface area contributed by atoms with Crippen LogP contribution in [0.25, 0.3) is 0 Å². The molecule has 118 valence electrons. The highest BCUT2D eigenvalue weighted by Gasteiger charge is 2.13. The Hall–Kier alpha value is -1.62. The fourth-order valence-corrected chi connectivity index (χ4v) is 2.31. The lowest BCUT2D eigenvalue weighted by Gasteiger charge is -2.20. The molecule has 0 radical (unpaired) electrons. The standard InChI is InChI=1S/C16H28N4O/c1-5-20(6-2)9-7-8-12(3)19-16(21)14-11-18-13(4)10-15(14)17/h10-12H,5-9H2,1-4H3,(H2,17,18)(H,19,21). The van der Waals surface area contributed by atoms with E-state index in [0.29, 0.717) is 11.3 Å². The van der Waals surface area contributed by atoms with E-state index in [1.54, 1.807) is 12.3 Å². The predicted octanol–water partition coefficient (Wildman–Crippen LogP) is 2.21. The van der Waals surface area contributed by atoms with Crippen molar-refractivity contribution in [3.05, 3.63) is 23.5 Å². The zero-order valence-electron chi connectivity index (χ0n) is 13.6. The number of carbonyl (C=O) groups excluding carboxylic acids is 1. The summed E-state index contributed by atoms with van der Waals surface area (Å²) >= 11 is 0. The molecule has 0 aromatic carbocycles. The number of hydrogen-bond donors (Lipinski definition) is 2. The number of nitrogen functional groups attached to an aromatic ring is 1. The summed E-state index contributed by atoms with van der Waals surface area (Å²) < 4.78 is 0. The molecule has 0 bridgehead atoms. The molecule has 0 aliphatic rings. The number of nitrogens with one attached hydrogen (secondary N) is 1. The quantitative estimate of drug-likeness (QED) is 0.770. The van der Waals surface area contributed by atoms with Crippen molar-refractivity contribution in [1.29, 1.82) is 0 Å². The first kappa shape index (κ1) is 17.4. The molecular formula is C16H28N4O. The average molecular weight is 292 g/mol. The lowest BCUT2D eigenvalue weighted by molar-refractivity contribution is 0.0938. The molecule has 1 amide bonds. The van der Waals surface area contributed by atoms with E-state index in [1.807, 2.05) is 13.8 Å². The molecule has 0 aliphatic heterocycles. The summed E-state index contributed by atoms with van der Waals surface area (Å²) in [6.45, 7) is 11.4. The van der Waals surface area contributed by atoms with Gasteiger partial charge in [-0.1, -0.05) is 13.8 Å². The Morgan fingerprint density at radius 1 is 1.43 bits per heavy atom. The number of aromatic nitrogens is 1. The summed E-state index contributed by atoms with van der Waals surface area (Å²) in [7, 11) is 0. The minimum Gasteiger partial charge on any atom is -0.398 e. The van der Waals surface area contributed by atoms with Gasteiger partial charge in [-0.2, -0.15) is 0 Å². The maximum absolute atomic E-state index is 12.2. The van der Waals surface area contributed by atoms with Gasteiger partial charge in [0.25, 0.3) is 5.91 Å². The summed E-state index contributed by atoms with van der Waals surface area (Å²) in [6.07, 6.45) is 3.58. The van der Waals surface area contributed by atoms with Gasteiger partial charge in [0.2, 0.25) is 0 Å². The van der Waals surface area contributed by atoms with Gasteiger partial charge in [-0.15, -0.1) is 0 Å². The van der Waals surface area contributed by atoms with Crippen LogP contribution in [0.4, 0.5) is 5.69 Å². The maximum Gasteiger partial charge on any atom is 0.255 e. The summed E-state index contributed by atoms with van der Waals surface area (Å²) in [5, 5.41) is 2.99. The maximum atomic E-state index is 12.2. The SMILES string of the molecule is CCN(CC)CCCC(C)NC(=O)c1cnc(C)cc1N. The Bertz CT molecular complexity index is 458. The molecule has 0 saturated carbocycles. The topological polar surface area (TPSA) is 71.2 Å². The third-order valence-electron chi connectivity index (χ3n) is 3.70. The summed E-state index contributed by atoms with van der Waals surface area (Å²) in [5.74, 6) is -0.143. The summed E-state index contributed by atoms with van der Waals surface area (Å²) in [4.78, 5) is 18.7. The highest BCUT2D eigenvalue weighted by atomic mass is 16.1. The van der Waals surface area contributed by atoms with E-state index in [2.05, 4.69) is 29.0 Å². The molecule has 5 heteroatoms. The Labute approximate surface area is 127 Å². The number of anilines is 1. The van der Waals surface area contributed by atoms with Crippen LogP contribution in [0, 0.1) is 6.92 Å². The van der Waals surface area contributed by atoms with Gasteiger partial charge in [-0.3, -0.25) is 9.78 Å². The van der Waals surface area contributed by atoms with E-state index >= 15 is 0 Å². The van der Waals surface area contributed by atoms with Crippen molar-refractivity contribution in [3.63, 3.8) is 0 Å². The van der Waals surface area contributed by atoms with E-state index < -0.39 is 0 Å². The summed E-state index contributed by atoms with van der Waals surface area (Å²) in [5.41, 5.74) is 7.62. The second-order valence-corrected chi connectivity index (χ2v) is 5.46. The van der Waals surface area contributed by atoms with E-state index in [-0.39, 0.29) is 11.9 Å². The third kappa shape index (κ3) is 5.71. The first-order valence-corrected chi connectivity index (χ1v) is 7.73. The molecule has 5 nitrogen and oxygen atoms in total. The van der Waals surface area contributed by atoms with Gasteiger partial charge in [0.1, 0.15) is 0 Å². The van der Waals surface area contributed by atoms with Crippen molar-refractivity contribution in [2.24, 2.45) is 0 Å². The number of nitrogens with two attached hydrogens (primary N) is 1. The zero-order valence-corrected chi connectivity index (χ0v) is 13.6. The van der Waals surface area contributed by atoms with E-state index in [4.69, 9.17) is 5.73 Å². The van der Waals surface area contributed by atoms with Gasteiger partial charge in [0.15, 0.2) is 0 Å². The highest BCUT2D eigenvalue weighted by Crippen LogP contribution is 2.11. The number of aryl methyl sites for hydroxylation is 1. The first-order valence-electron chi connectivity index (χ1n) is 7.73. The molecule has 0 saturated heterocycles. The number of pyridine rings is 1. The normalized spacial score (nSPS) is 12.4. The lowest BCUT2D eigenvalue weighted by Crippen LogP contribution is -2.34. The van der Waals surface area contributed by atoms with Crippen LogP contribution >= 0.6 is 0 Å². The minimum atomic E-state index is -0.143. The van der Waals surface area contributed by atoms with Crippen LogP contribution in [0.3, 0.4) is 0 Å². The van der Waals surface area contributed by atoms with Crippen LogP contribution in [0.2, 0.25) is 0 Å². The van der Waals surface area contributed by atoms with Crippen molar-refractivity contribution >= 4 is 11.6 Å². The second-order valence-electron chi connectivity index (χ2n) is 5.46. The van der Waals surface area contributed by atoms with Crippen molar-refractivity contribution in [3.8, 4) is 0 Å². The van der Waals surface area contributed by atoms with Crippen LogP contribution in [0.5, 0.6) is 0 Å². The minimum absolute atomic E-state index is 0.133. The largest absolute Gasteiger partial charge is 0.398 e. The Balaban J connectivity index is 2.43. The second kappa shape index (κ2) is 8.62. The van der Waals surface area contributed by atoms with Gasteiger partial charge in [-0.25, -0.2) is 0 Å². The fourth-order valence-electron chi connectivity index (χ4n) is 2.31. The van der Waals surface area contributed by atoms with E-state index in [1.165, 1.54) is 0 Å². The number of hydrogen-bond acceptors (Lipinski definition) is 4. The molecule has 1 aromatic heterocycles. The van der Waals surface area contributed by atoms with Crippen molar-refractivity contribution < 1.29 is 4.79 Å². The summed E-state index contributed by atoms with van der Waals surface area (Å²) in [6, 6.07) is 1.86.